The standard InChI is InChI=1S/C16H27N3/c1-3-6-14-13-11-16-12(10-15(13)18-17-14)7-5-9-19(16)8-4-2/h12,16H,3-11H2,1-2H3,(H,17,18)/t12-,16-/m1/s1. The van der Waals surface area contributed by atoms with Crippen LogP contribution in [-0.2, 0) is 19.3 Å². The first kappa shape index (κ1) is 13.2. The molecule has 0 spiro atoms. The van der Waals surface area contributed by atoms with Gasteiger partial charge in [-0.3, -0.25) is 10.00 Å². The van der Waals surface area contributed by atoms with Crippen molar-refractivity contribution in [2.45, 2.75) is 64.8 Å². The van der Waals surface area contributed by atoms with Crippen LogP contribution in [0.25, 0.3) is 0 Å². The summed E-state index contributed by atoms with van der Waals surface area (Å²) in [5.74, 6) is 0.864. The minimum atomic E-state index is 0.786. The van der Waals surface area contributed by atoms with E-state index in [2.05, 4.69) is 28.9 Å². The molecule has 0 saturated carbocycles. The maximum Gasteiger partial charge on any atom is 0.0657 e. The van der Waals surface area contributed by atoms with Crippen molar-refractivity contribution in [1.82, 2.24) is 15.1 Å². The highest BCUT2D eigenvalue weighted by Gasteiger charge is 2.36. The van der Waals surface area contributed by atoms with Crippen molar-refractivity contribution < 1.29 is 0 Å². The second-order valence-electron chi connectivity index (χ2n) is 6.29. The van der Waals surface area contributed by atoms with E-state index >= 15 is 0 Å². The molecule has 2 atom stereocenters. The second-order valence-corrected chi connectivity index (χ2v) is 6.29. The maximum absolute atomic E-state index is 4.57. The molecule has 1 aliphatic heterocycles. The summed E-state index contributed by atoms with van der Waals surface area (Å²) in [6.45, 7) is 7.14. The van der Waals surface area contributed by atoms with Crippen LogP contribution in [0, 0.1) is 5.92 Å². The fourth-order valence-corrected chi connectivity index (χ4v) is 4.08. The predicted molar refractivity (Wildman–Crippen MR) is 78.4 cm³/mol. The van der Waals surface area contributed by atoms with Gasteiger partial charge in [-0.05, 0) is 63.1 Å². The zero-order chi connectivity index (χ0) is 13.2. The van der Waals surface area contributed by atoms with Crippen molar-refractivity contribution in [3.05, 3.63) is 17.0 Å². The van der Waals surface area contributed by atoms with Gasteiger partial charge in [-0.1, -0.05) is 20.3 Å². The van der Waals surface area contributed by atoms with Crippen LogP contribution in [-0.4, -0.2) is 34.2 Å². The highest BCUT2D eigenvalue weighted by Crippen LogP contribution is 2.35. The molecule has 106 valence electrons. The second kappa shape index (κ2) is 5.66. The van der Waals surface area contributed by atoms with E-state index in [1.165, 1.54) is 63.0 Å². The molecule has 3 heteroatoms. The summed E-state index contributed by atoms with van der Waals surface area (Å²) >= 11 is 0. The Bertz CT molecular complexity index is 422. The third-order valence-electron chi connectivity index (χ3n) is 4.95. The van der Waals surface area contributed by atoms with Gasteiger partial charge < -0.3 is 0 Å². The monoisotopic (exact) mass is 261 g/mol. The molecule has 1 saturated heterocycles. The summed E-state index contributed by atoms with van der Waals surface area (Å²) in [6, 6.07) is 0.786. The van der Waals surface area contributed by atoms with Gasteiger partial charge in [0.2, 0.25) is 0 Å². The van der Waals surface area contributed by atoms with E-state index in [4.69, 9.17) is 0 Å². The Balaban J connectivity index is 1.82. The minimum absolute atomic E-state index is 0.786. The zero-order valence-electron chi connectivity index (χ0n) is 12.4. The van der Waals surface area contributed by atoms with Gasteiger partial charge in [0.25, 0.3) is 0 Å². The first-order valence-corrected chi connectivity index (χ1v) is 8.12. The van der Waals surface area contributed by atoms with E-state index in [-0.39, 0.29) is 0 Å². The average molecular weight is 261 g/mol. The molecule has 0 radical (unpaired) electrons. The third-order valence-corrected chi connectivity index (χ3v) is 4.95. The fraction of sp³-hybridized carbons (Fsp3) is 0.812. The molecule has 3 rings (SSSR count). The highest BCUT2D eigenvalue weighted by atomic mass is 15.2. The Morgan fingerprint density at radius 3 is 2.95 bits per heavy atom. The number of hydrogen-bond donors (Lipinski definition) is 1. The van der Waals surface area contributed by atoms with Gasteiger partial charge in [0.1, 0.15) is 0 Å². The number of piperidine rings is 1. The van der Waals surface area contributed by atoms with Crippen LogP contribution in [0.3, 0.4) is 0 Å². The van der Waals surface area contributed by atoms with Crippen molar-refractivity contribution >= 4 is 0 Å². The molecule has 0 amide bonds. The molecule has 0 bridgehead atoms. The summed E-state index contributed by atoms with van der Waals surface area (Å²) in [6.07, 6.45) is 8.88. The van der Waals surface area contributed by atoms with Crippen LogP contribution >= 0.6 is 0 Å². The maximum atomic E-state index is 4.57. The zero-order valence-corrected chi connectivity index (χ0v) is 12.4. The lowest BCUT2D eigenvalue weighted by atomic mass is 9.76. The average Bonchev–Trinajstić information content (AvgIpc) is 2.80. The summed E-state index contributed by atoms with van der Waals surface area (Å²) in [4.78, 5) is 2.75. The molecule has 1 aromatic rings. The Morgan fingerprint density at radius 1 is 1.26 bits per heavy atom. The lowest BCUT2D eigenvalue weighted by Gasteiger charge is -2.44. The Hall–Kier alpha value is -0.830. The van der Waals surface area contributed by atoms with Crippen molar-refractivity contribution in [2.75, 3.05) is 13.1 Å². The Kier molecular flexibility index (Phi) is 3.92. The van der Waals surface area contributed by atoms with Crippen LogP contribution in [0.1, 0.15) is 56.5 Å². The topological polar surface area (TPSA) is 31.9 Å². The number of rotatable bonds is 4. The minimum Gasteiger partial charge on any atom is -0.300 e. The van der Waals surface area contributed by atoms with Crippen molar-refractivity contribution in [3.63, 3.8) is 0 Å². The Morgan fingerprint density at radius 2 is 2.16 bits per heavy atom. The van der Waals surface area contributed by atoms with Gasteiger partial charge in [-0.15, -0.1) is 0 Å². The van der Waals surface area contributed by atoms with E-state index in [1.54, 1.807) is 5.56 Å². The van der Waals surface area contributed by atoms with Crippen LogP contribution in [0.5, 0.6) is 0 Å². The van der Waals surface area contributed by atoms with Crippen molar-refractivity contribution in [2.24, 2.45) is 5.92 Å². The van der Waals surface area contributed by atoms with Crippen LogP contribution in [0.2, 0.25) is 0 Å². The van der Waals surface area contributed by atoms with Crippen LogP contribution < -0.4 is 0 Å². The molecule has 1 fully saturated rings. The number of nitrogens with one attached hydrogen (secondary N) is 1. The summed E-state index contributed by atoms with van der Waals surface area (Å²) < 4.78 is 0. The molecule has 1 N–H and O–H groups in total. The summed E-state index contributed by atoms with van der Waals surface area (Å²) in [5.41, 5.74) is 4.35. The molecule has 2 aliphatic rings. The van der Waals surface area contributed by atoms with Gasteiger partial charge in [0, 0.05) is 11.7 Å². The van der Waals surface area contributed by atoms with Crippen LogP contribution in [0.15, 0.2) is 0 Å². The number of aromatic amines is 1. The number of nitrogens with zero attached hydrogens (tertiary/aromatic N) is 2. The number of H-pyrrole nitrogens is 1. The highest BCUT2D eigenvalue weighted by molar-refractivity contribution is 5.30. The molecule has 0 aromatic carbocycles. The molecule has 0 unspecified atom stereocenters. The summed E-state index contributed by atoms with van der Waals surface area (Å²) in [5, 5.41) is 7.90. The van der Waals surface area contributed by atoms with Crippen LogP contribution in [0.4, 0.5) is 0 Å². The number of fused-ring (bicyclic) bond motifs is 2. The first-order chi connectivity index (χ1) is 9.33. The van der Waals surface area contributed by atoms with Gasteiger partial charge in [0.05, 0.1) is 5.69 Å². The quantitative estimate of drug-likeness (QED) is 0.903. The summed E-state index contributed by atoms with van der Waals surface area (Å²) in [7, 11) is 0. The fourth-order valence-electron chi connectivity index (χ4n) is 4.08. The van der Waals surface area contributed by atoms with E-state index in [1.807, 2.05) is 0 Å². The number of aryl methyl sites for hydroxylation is 1. The molecular weight excluding hydrogens is 234 g/mol. The van der Waals surface area contributed by atoms with E-state index in [0.29, 0.717) is 0 Å². The van der Waals surface area contributed by atoms with Gasteiger partial charge >= 0.3 is 0 Å². The van der Waals surface area contributed by atoms with Crippen molar-refractivity contribution in [1.29, 1.82) is 0 Å². The number of hydrogen-bond acceptors (Lipinski definition) is 2. The number of likely N-dealkylation sites (tertiary alicyclic amines) is 1. The third kappa shape index (κ3) is 2.45. The lowest BCUT2D eigenvalue weighted by molar-refractivity contribution is 0.0848. The molecule has 1 aromatic heterocycles. The van der Waals surface area contributed by atoms with E-state index in [9.17, 15) is 0 Å². The molecule has 3 nitrogen and oxygen atoms in total. The van der Waals surface area contributed by atoms with E-state index in [0.717, 1.165) is 18.4 Å². The predicted octanol–water partition coefficient (Wildman–Crippen LogP) is 2.95. The largest absolute Gasteiger partial charge is 0.300 e. The molecule has 1 aliphatic carbocycles. The van der Waals surface area contributed by atoms with Gasteiger partial charge in [-0.25, -0.2) is 0 Å². The van der Waals surface area contributed by atoms with Gasteiger partial charge in [-0.2, -0.15) is 5.10 Å². The Labute approximate surface area is 116 Å². The van der Waals surface area contributed by atoms with Crippen molar-refractivity contribution in [3.8, 4) is 0 Å². The molecule has 2 heterocycles. The molecular formula is C16H27N3. The number of aromatic nitrogens is 2. The molecule has 19 heavy (non-hydrogen) atoms. The van der Waals surface area contributed by atoms with Gasteiger partial charge in [0.15, 0.2) is 0 Å². The first-order valence-electron chi connectivity index (χ1n) is 8.12. The van der Waals surface area contributed by atoms with E-state index < -0.39 is 0 Å². The SMILES string of the molecule is CCCc1n[nH]c2c1C[C@@H]1[C@H](CCCN1CCC)C2. The smallest absolute Gasteiger partial charge is 0.0657 e. The lowest BCUT2D eigenvalue weighted by Crippen LogP contribution is -2.49. The normalized spacial score (nSPS) is 27.1.